The van der Waals surface area contributed by atoms with Crippen LogP contribution in [0.5, 0.6) is 0 Å². The second-order valence-electron chi connectivity index (χ2n) is 7.71. The van der Waals surface area contributed by atoms with E-state index in [1.54, 1.807) is 11.3 Å². The Kier molecular flexibility index (Phi) is 5.19. The van der Waals surface area contributed by atoms with Gasteiger partial charge in [-0.25, -0.2) is 9.50 Å². The Hall–Kier alpha value is -2.27. The van der Waals surface area contributed by atoms with Crippen LogP contribution in [0.4, 0.5) is 0 Å². The van der Waals surface area contributed by atoms with Gasteiger partial charge in [-0.3, -0.25) is 4.99 Å². The molecule has 0 spiro atoms. The van der Waals surface area contributed by atoms with E-state index in [-0.39, 0.29) is 0 Å². The van der Waals surface area contributed by atoms with Crippen molar-refractivity contribution in [2.24, 2.45) is 4.99 Å². The number of aryl methyl sites for hydroxylation is 2. The normalized spacial score (nSPS) is 16.6. The van der Waals surface area contributed by atoms with Crippen LogP contribution >= 0.6 is 11.3 Å². The average Bonchev–Trinajstić information content (AvgIpc) is 3.22. The zero-order valence-corrected chi connectivity index (χ0v) is 18.2. The number of thiophene rings is 1. The third-order valence-electron chi connectivity index (χ3n) is 5.87. The van der Waals surface area contributed by atoms with Gasteiger partial charge in [0.15, 0.2) is 5.65 Å². The molecule has 0 bridgehead atoms. The standard InChI is InChI=1S/C23H28N4S/c1-6-17(7-2)19-11-14(3)26-27-21(16(5)25-23(19)27)22-15(4)20(13-28-22)18-9-8-10-24-12-18/h8,10-13,17-18H,6-7,9H2,1-5H3. The van der Waals surface area contributed by atoms with Crippen molar-refractivity contribution in [3.63, 3.8) is 0 Å². The van der Waals surface area contributed by atoms with Crippen LogP contribution in [0.3, 0.4) is 0 Å². The number of fused-ring (bicyclic) bond motifs is 1. The molecule has 0 saturated carbocycles. The monoisotopic (exact) mass is 392 g/mol. The number of aromatic nitrogens is 3. The molecule has 1 aliphatic heterocycles. The number of imidazole rings is 1. The minimum absolute atomic E-state index is 0.365. The van der Waals surface area contributed by atoms with Crippen molar-refractivity contribution >= 4 is 23.2 Å². The summed E-state index contributed by atoms with van der Waals surface area (Å²) < 4.78 is 2.09. The van der Waals surface area contributed by atoms with Crippen LogP contribution in [0.25, 0.3) is 16.2 Å². The summed E-state index contributed by atoms with van der Waals surface area (Å²) in [4.78, 5) is 10.6. The van der Waals surface area contributed by atoms with Crippen LogP contribution in [-0.2, 0) is 0 Å². The molecular formula is C23H28N4S. The number of nitrogens with zero attached hydrogens (tertiary/aromatic N) is 4. The fraction of sp³-hybridized carbons (Fsp3) is 0.435. The Morgan fingerprint density at radius 3 is 2.68 bits per heavy atom. The van der Waals surface area contributed by atoms with Gasteiger partial charge < -0.3 is 0 Å². The smallest absolute Gasteiger partial charge is 0.158 e. The van der Waals surface area contributed by atoms with Crippen LogP contribution in [-0.4, -0.2) is 20.8 Å². The van der Waals surface area contributed by atoms with Crippen molar-refractivity contribution in [2.45, 2.75) is 65.7 Å². The second-order valence-corrected chi connectivity index (χ2v) is 8.59. The summed E-state index contributed by atoms with van der Waals surface area (Å²) >= 11 is 1.80. The van der Waals surface area contributed by atoms with Crippen LogP contribution in [0.2, 0.25) is 0 Å². The topological polar surface area (TPSA) is 42.5 Å². The SMILES string of the molecule is CCC(CC)c1cc(C)nn2c(-c3scc(C4C=NC=CC4)c3C)c(C)nc12. The molecule has 3 aromatic heterocycles. The lowest BCUT2D eigenvalue weighted by Gasteiger charge is -2.15. The lowest BCUT2D eigenvalue weighted by molar-refractivity contribution is 0.638. The quantitative estimate of drug-likeness (QED) is 0.507. The summed E-state index contributed by atoms with van der Waals surface area (Å²) in [6, 6.07) is 2.22. The molecule has 4 nitrogen and oxygen atoms in total. The zero-order chi connectivity index (χ0) is 19.8. The van der Waals surface area contributed by atoms with Crippen LogP contribution in [0.1, 0.15) is 73.0 Å². The maximum atomic E-state index is 4.98. The fourth-order valence-electron chi connectivity index (χ4n) is 4.29. The number of hydrogen-bond donors (Lipinski definition) is 0. The Morgan fingerprint density at radius 2 is 2.00 bits per heavy atom. The van der Waals surface area contributed by atoms with Crippen molar-refractivity contribution in [2.75, 3.05) is 0 Å². The Balaban J connectivity index is 1.88. The first-order valence-corrected chi connectivity index (χ1v) is 11.1. The summed E-state index contributed by atoms with van der Waals surface area (Å²) in [6.45, 7) is 10.9. The summed E-state index contributed by atoms with van der Waals surface area (Å²) in [7, 11) is 0. The third kappa shape index (κ3) is 3.12. The van der Waals surface area contributed by atoms with E-state index in [1.807, 2.05) is 6.20 Å². The maximum absolute atomic E-state index is 4.98. The number of rotatable bonds is 5. The maximum Gasteiger partial charge on any atom is 0.158 e. The van der Waals surface area contributed by atoms with E-state index in [9.17, 15) is 0 Å². The van der Waals surface area contributed by atoms with Crippen LogP contribution in [0, 0.1) is 20.8 Å². The van der Waals surface area contributed by atoms with Crippen molar-refractivity contribution in [3.8, 4) is 10.6 Å². The molecule has 5 heteroatoms. The molecule has 0 saturated heterocycles. The van der Waals surface area contributed by atoms with Gasteiger partial charge in [-0.1, -0.05) is 19.9 Å². The van der Waals surface area contributed by atoms with Crippen LogP contribution < -0.4 is 0 Å². The van der Waals surface area contributed by atoms with Gasteiger partial charge in [0.2, 0.25) is 0 Å². The minimum atomic E-state index is 0.365. The highest BCUT2D eigenvalue weighted by Crippen LogP contribution is 2.39. The minimum Gasteiger partial charge on any atom is -0.269 e. The molecule has 4 rings (SSSR count). The molecule has 0 aliphatic carbocycles. The van der Waals surface area contributed by atoms with Gasteiger partial charge in [0.05, 0.1) is 16.3 Å². The highest BCUT2D eigenvalue weighted by atomic mass is 32.1. The van der Waals surface area contributed by atoms with Crippen molar-refractivity contribution in [1.82, 2.24) is 14.6 Å². The molecule has 0 fully saturated rings. The molecule has 0 amide bonds. The van der Waals surface area contributed by atoms with Crippen LogP contribution in [0.15, 0.2) is 28.7 Å². The molecule has 146 valence electrons. The molecule has 1 unspecified atom stereocenters. The van der Waals surface area contributed by atoms with Gasteiger partial charge in [-0.05, 0) is 68.5 Å². The molecule has 3 aromatic rings. The lowest BCUT2D eigenvalue weighted by atomic mass is 9.94. The number of aliphatic imine (C=N–C) groups is 1. The Morgan fingerprint density at radius 1 is 1.21 bits per heavy atom. The first-order valence-electron chi connectivity index (χ1n) is 10.2. The first kappa shape index (κ1) is 19.1. The van der Waals surface area contributed by atoms with E-state index in [4.69, 9.17) is 10.1 Å². The van der Waals surface area contributed by atoms with Crippen molar-refractivity contribution < 1.29 is 0 Å². The zero-order valence-electron chi connectivity index (χ0n) is 17.4. The fourth-order valence-corrected chi connectivity index (χ4v) is 5.52. The molecule has 0 radical (unpaired) electrons. The highest BCUT2D eigenvalue weighted by molar-refractivity contribution is 7.14. The Bertz CT molecular complexity index is 1070. The van der Waals surface area contributed by atoms with E-state index >= 15 is 0 Å². The molecule has 1 aliphatic rings. The van der Waals surface area contributed by atoms with E-state index < -0.39 is 0 Å². The highest BCUT2D eigenvalue weighted by Gasteiger charge is 2.23. The predicted octanol–water partition coefficient (Wildman–Crippen LogP) is 6.36. The third-order valence-corrected chi connectivity index (χ3v) is 6.98. The van der Waals surface area contributed by atoms with Gasteiger partial charge in [0.1, 0.15) is 5.69 Å². The summed E-state index contributed by atoms with van der Waals surface area (Å²) in [5.41, 5.74) is 8.28. The van der Waals surface area contributed by atoms with E-state index in [0.29, 0.717) is 11.8 Å². The van der Waals surface area contributed by atoms with Gasteiger partial charge >= 0.3 is 0 Å². The van der Waals surface area contributed by atoms with E-state index in [0.717, 1.165) is 42.0 Å². The number of hydrogen-bond acceptors (Lipinski definition) is 4. The molecular weight excluding hydrogens is 364 g/mol. The lowest BCUT2D eigenvalue weighted by Crippen LogP contribution is -2.05. The molecule has 4 heterocycles. The second kappa shape index (κ2) is 7.63. The first-order chi connectivity index (χ1) is 13.5. The van der Waals surface area contributed by atoms with Gasteiger partial charge in [-0.15, -0.1) is 11.3 Å². The average molecular weight is 393 g/mol. The van der Waals surface area contributed by atoms with E-state index in [1.165, 1.54) is 21.6 Å². The number of allylic oxidation sites excluding steroid dienone is 1. The van der Waals surface area contributed by atoms with Gasteiger partial charge in [0.25, 0.3) is 0 Å². The molecule has 0 N–H and O–H groups in total. The Labute approximate surface area is 171 Å². The largest absolute Gasteiger partial charge is 0.269 e. The summed E-state index contributed by atoms with van der Waals surface area (Å²) in [5, 5.41) is 7.16. The summed E-state index contributed by atoms with van der Waals surface area (Å²) in [6.07, 6.45) is 9.35. The van der Waals surface area contributed by atoms with E-state index in [2.05, 4.69) is 67.9 Å². The van der Waals surface area contributed by atoms with Gasteiger partial charge in [0, 0.05) is 23.9 Å². The molecule has 1 atom stereocenters. The van der Waals surface area contributed by atoms with Crippen molar-refractivity contribution in [1.29, 1.82) is 0 Å². The molecule has 28 heavy (non-hydrogen) atoms. The molecule has 0 aromatic carbocycles. The summed E-state index contributed by atoms with van der Waals surface area (Å²) in [5.74, 6) is 0.883. The van der Waals surface area contributed by atoms with Gasteiger partial charge in [-0.2, -0.15) is 5.10 Å². The predicted molar refractivity (Wildman–Crippen MR) is 119 cm³/mol. The van der Waals surface area contributed by atoms with Crippen molar-refractivity contribution in [3.05, 3.63) is 51.8 Å².